The maximum absolute atomic E-state index is 4.84. The van der Waals surface area contributed by atoms with Gasteiger partial charge in [0.1, 0.15) is 5.01 Å². The molecule has 1 N–H and O–H groups in total. The van der Waals surface area contributed by atoms with Gasteiger partial charge >= 0.3 is 0 Å². The summed E-state index contributed by atoms with van der Waals surface area (Å²) in [4.78, 5) is 10.4. The van der Waals surface area contributed by atoms with Crippen molar-refractivity contribution in [2.75, 3.05) is 6.54 Å². The lowest BCUT2D eigenvalue weighted by Crippen LogP contribution is -2.13. The highest BCUT2D eigenvalue weighted by molar-refractivity contribution is 7.15. The maximum Gasteiger partial charge on any atom is 0.124 e. The van der Waals surface area contributed by atoms with Crippen LogP contribution in [0.15, 0.2) is 18.5 Å². The van der Waals surface area contributed by atoms with E-state index in [0.717, 1.165) is 37.4 Å². The Balaban J connectivity index is 2.28. The van der Waals surface area contributed by atoms with Crippen LogP contribution < -0.4 is 5.32 Å². The predicted octanol–water partition coefficient (Wildman–Crippen LogP) is 3.83. The van der Waals surface area contributed by atoms with Crippen LogP contribution in [0.2, 0.25) is 0 Å². The molecule has 0 radical (unpaired) electrons. The fourth-order valence-corrected chi connectivity index (χ4v) is 3.39. The van der Waals surface area contributed by atoms with E-state index in [1.165, 1.54) is 21.7 Å². The molecule has 0 unspecified atom stereocenters. The molecule has 0 saturated carbocycles. The van der Waals surface area contributed by atoms with Gasteiger partial charge < -0.3 is 5.32 Å². The highest BCUT2D eigenvalue weighted by atomic mass is 32.1. The summed E-state index contributed by atoms with van der Waals surface area (Å²) in [6, 6.07) is 2.08. The molecule has 2 rings (SSSR count). The fraction of sp³-hybridized carbons (Fsp3) is 0.500. The van der Waals surface area contributed by atoms with Gasteiger partial charge in [-0.15, -0.1) is 11.3 Å². The van der Waals surface area contributed by atoms with Crippen LogP contribution in [0, 0.1) is 0 Å². The molecular weight excluding hydrogens is 266 g/mol. The molecule has 108 valence electrons. The van der Waals surface area contributed by atoms with Crippen LogP contribution >= 0.6 is 11.3 Å². The van der Waals surface area contributed by atoms with E-state index in [2.05, 4.69) is 37.1 Å². The van der Waals surface area contributed by atoms with Gasteiger partial charge in [-0.25, -0.2) is 4.98 Å². The summed E-state index contributed by atoms with van der Waals surface area (Å²) in [5.41, 5.74) is 3.74. The third kappa shape index (κ3) is 3.44. The number of aryl methyl sites for hydroxylation is 2. The lowest BCUT2D eigenvalue weighted by molar-refractivity contribution is 0.677. The highest BCUT2D eigenvalue weighted by Gasteiger charge is 2.13. The number of hydrogen-bond donors (Lipinski definition) is 1. The van der Waals surface area contributed by atoms with Crippen molar-refractivity contribution >= 4 is 11.3 Å². The van der Waals surface area contributed by atoms with E-state index >= 15 is 0 Å². The van der Waals surface area contributed by atoms with E-state index < -0.39 is 0 Å². The van der Waals surface area contributed by atoms with Crippen molar-refractivity contribution in [3.63, 3.8) is 0 Å². The molecule has 0 spiro atoms. The lowest BCUT2D eigenvalue weighted by Gasteiger charge is -2.02. The van der Waals surface area contributed by atoms with Crippen LogP contribution in [0.5, 0.6) is 0 Å². The molecule has 2 aromatic rings. The first-order valence-electron chi connectivity index (χ1n) is 7.42. The minimum absolute atomic E-state index is 0.932. The highest BCUT2D eigenvalue weighted by Crippen LogP contribution is 2.30. The third-order valence-corrected chi connectivity index (χ3v) is 4.47. The molecule has 20 heavy (non-hydrogen) atoms. The Morgan fingerprint density at radius 3 is 2.75 bits per heavy atom. The first-order chi connectivity index (χ1) is 9.80. The van der Waals surface area contributed by atoms with Crippen LogP contribution in [0.3, 0.4) is 0 Å². The Hall–Kier alpha value is -1.26. The number of nitrogens with zero attached hydrogens (tertiary/aromatic N) is 2. The van der Waals surface area contributed by atoms with Gasteiger partial charge in [-0.2, -0.15) is 0 Å². The zero-order valence-corrected chi connectivity index (χ0v) is 13.4. The van der Waals surface area contributed by atoms with E-state index in [1.54, 1.807) is 0 Å². The molecule has 2 heterocycles. The standard InChI is InChI=1S/C16H23N3S/c1-4-8-17-11-15-14(6-3)19-16(20-15)13-7-9-18-10-12(13)5-2/h7,9-10,17H,4-6,8,11H2,1-3H3. The molecule has 0 saturated heterocycles. The average molecular weight is 289 g/mol. The van der Waals surface area contributed by atoms with E-state index in [0.29, 0.717) is 0 Å². The van der Waals surface area contributed by atoms with Crippen LogP contribution in [-0.4, -0.2) is 16.5 Å². The van der Waals surface area contributed by atoms with Gasteiger partial charge in [-0.3, -0.25) is 4.98 Å². The summed E-state index contributed by atoms with van der Waals surface area (Å²) >= 11 is 1.82. The average Bonchev–Trinajstić information content (AvgIpc) is 2.90. The number of thiazole rings is 1. The third-order valence-electron chi connectivity index (χ3n) is 3.34. The first-order valence-corrected chi connectivity index (χ1v) is 8.24. The Morgan fingerprint density at radius 2 is 2.05 bits per heavy atom. The summed E-state index contributed by atoms with van der Waals surface area (Å²) in [6.45, 7) is 8.53. The molecule has 0 fully saturated rings. The Labute approximate surface area is 125 Å². The normalized spacial score (nSPS) is 10.9. The van der Waals surface area contributed by atoms with Gasteiger partial charge in [-0.05, 0) is 37.4 Å². The van der Waals surface area contributed by atoms with E-state index in [1.807, 2.05) is 23.7 Å². The minimum atomic E-state index is 0.932. The summed E-state index contributed by atoms with van der Waals surface area (Å²) in [6.07, 6.45) is 6.96. The molecular formula is C16H23N3S. The minimum Gasteiger partial charge on any atom is -0.312 e. The second-order valence-electron chi connectivity index (χ2n) is 4.81. The molecule has 0 atom stereocenters. The largest absolute Gasteiger partial charge is 0.312 e. The molecule has 3 nitrogen and oxygen atoms in total. The van der Waals surface area contributed by atoms with Crippen LogP contribution in [0.1, 0.15) is 43.3 Å². The summed E-state index contributed by atoms with van der Waals surface area (Å²) < 4.78 is 0. The topological polar surface area (TPSA) is 37.8 Å². The zero-order valence-electron chi connectivity index (χ0n) is 12.6. The lowest BCUT2D eigenvalue weighted by atomic mass is 10.1. The SMILES string of the molecule is CCCNCc1sc(-c2ccncc2CC)nc1CC. The van der Waals surface area contributed by atoms with E-state index in [-0.39, 0.29) is 0 Å². The quantitative estimate of drug-likeness (QED) is 0.787. The van der Waals surface area contributed by atoms with Gasteiger partial charge in [-0.1, -0.05) is 20.8 Å². The van der Waals surface area contributed by atoms with Crippen LogP contribution in [-0.2, 0) is 19.4 Å². The number of hydrogen-bond acceptors (Lipinski definition) is 4. The molecule has 4 heteroatoms. The van der Waals surface area contributed by atoms with Crippen molar-refractivity contribution < 1.29 is 0 Å². The van der Waals surface area contributed by atoms with Gasteiger partial charge in [0.2, 0.25) is 0 Å². The summed E-state index contributed by atoms with van der Waals surface area (Å²) in [5, 5.41) is 4.61. The zero-order chi connectivity index (χ0) is 14.4. The van der Waals surface area contributed by atoms with Crippen molar-refractivity contribution in [1.82, 2.24) is 15.3 Å². The van der Waals surface area contributed by atoms with Crippen molar-refractivity contribution in [3.8, 4) is 10.6 Å². The molecule has 2 aromatic heterocycles. The Bertz CT molecular complexity index is 548. The number of aromatic nitrogens is 2. The predicted molar refractivity (Wildman–Crippen MR) is 86.1 cm³/mol. The van der Waals surface area contributed by atoms with Crippen LogP contribution in [0.25, 0.3) is 10.6 Å². The maximum atomic E-state index is 4.84. The number of rotatable bonds is 7. The number of nitrogens with one attached hydrogen (secondary N) is 1. The van der Waals surface area contributed by atoms with Gasteiger partial charge in [0.25, 0.3) is 0 Å². The molecule has 0 aliphatic carbocycles. The number of pyridine rings is 1. The van der Waals surface area contributed by atoms with Crippen molar-refractivity contribution in [2.24, 2.45) is 0 Å². The summed E-state index contributed by atoms with van der Waals surface area (Å²) in [5.74, 6) is 0. The Morgan fingerprint density at radius 1 is 1.20 bits per heavy atom. The van der Waals surface area contributed by atoms with Gasteiger partial charge in [0.15, 0.2) is 0 Å². The smallest absolute Gasteiger partial charge is 0.124 e. The van der Waals surface area contributed by atoms with Gasteiger partial charge in [0.05, 0.1) is 5.69 Å². The second kappa shape index (κ2) is 7.50. The van der Waals surface area contributed by atoms with Crippen molar-refractivity contribution in [3.05, 3.63) is 34.6 Å². The molecule has 0 bridgehead atoms. The Kier molecular flexibility index (Phi) is 5.68. The van der Waals surface area contributed by atoms with E-state index in [9.17, 15) is 0 Å². The summed E-state index contributed by atoms with van der Waals surface area (Å²) in [7, 11) is 0. The van der Waals surface area contributed by atoms with Gasteiger partial charge in [0, 0.05) is 29.4 Å². The fourth-order valence-electron chi connectivity index (χ4n) is 2.21. The van der Waals surface area contributed by atoms with E-state index in [4.69, 9.17) is 4.98 Å². The molecule has 0 aliphatic heterocycles. The van der Waals surface area contributed by atoms with Crippen molar-refractivity contribution in [2.45, 2.75) is 46.6 Å². The van der Waals surface area contributed by atoms with Crippen molar-refractivity contribution in [1.29, 1.82) is 0 Å². The molecule has 0 aliphatic rings. The monoisotopic (exact) mass is 289 g/mol. The van der Waals surface area contributed by atoms with Crippen LogP contribution in [0.4, 0.5) is 0 Å². The molecule has 0 amide bonds. The second-order valence-corrected chi connectivity index (χ2v) is 5.89. The first kappa shape index (κ1) is 15.1. The molecule has 0 aromatic carbocycles.